The summed E-state index contributed by atoms with van der Waals surface area (Å²) in [6, 6.07) is 21.4. The Balaban J connectivity index is 1.09. The zero-order valence-corrected chi connectivity index (χ0v) is 28.4. The number of aliphatic hydroxyl groups is 1. The van der Waals surface area contributed by atoms with E-state index < -0.39 is 24.1 Å². The Morgan fingerprint density at radius 1 is 0.938 bits per heavy atom. The Bertz CT molecular complexity index is 1630. The minimum absolute atomic E-state index is 0.120. The molecular weight excluding hydrogens is 630 g/mol. The number of amides is 3. The summed E-state index contributed by atoms with van der Waals surface area (Å²) >= 11 is 1.63. The first-order chi connectivity index (χ1) is 23.1. The van der Waals surface area contributed by atoms with Gasteiger partial charge in [-0.3, -0.25) is 14.4 Å². The van der Waals surface area contributed by atoms with Crippen molar-refractivity contribution in [1.29, 1.82) is 0 Å². The summed E-state index contributed by atoms with van der Waals surface area (Å²) in [4.78, 5) is 42.6. The quantitative estimate of drug-likeness (QED) is 0.0994. The molecule has 1 heterocycles. The number of thiazole rings is 1. The fourth-order valence-electron chi connectivity index (χ4n) is 4.96. The minimum Gasteiger partial charge on any atom is -0.382 e. The third-order valence-electron chi connectivity index (χ3n) is 7.44. The van der Waals surface area contributed by atoms with Crippen molar-refractivity contribution < 1.29 is 29.0 Å². The molecule has 0 aliphatic heterocycles. The molecule has 0 spiro atoms. The summed E-state index contributed by atoms with van der Waals surface area (Å²) in [5.74, 6) is -1.22. The van der Waals surface area contributed by atoms with Crippen LogP contribution in [0.2, 0.25) is 0 Å². The van der Waals surface area contributed by atoms with Gasteiger partial charge in [-0.25, -0.2) is 4.98 Å². The van der Waals surface area contributed by atoms with Crippen LogP contribution in [0.1, 0.15) is 31.4 Å². The number of benzene rings is 3. The van der Waals surface area contributed by atoms with Crippen molar-refractivity contribution in [2.75, 3.05) is 38.3 Å². The smallest absolute Gasteiger partial charge is 0.251 e. The van der Waals surface area contributed by atoms with Crippen LogP contribution in [-0.2, 0) is 30.3 Å². The molecule has 0 radical (unpaired) electrons. The van der Waals surface area contributed by atoms with Gasteiger partial charge < -0.3 is 36.3 Å². The first-order valence-electron chi connectivity index (χ1n) is 16.1. The summed E-state index contributed by atoms with van der Waals surface area (Å²) in [5, 5.41) is 19.6. The molecule has 0 bridgehead atoms. The van der Waals surface area contributed by atoms with E-state index in [0.29, 0.717) is 18.5 Å². The molecule has 4 rings (SSSR count). The first kappa shape index (κ1) is 36.6. The summed E-state index contributed by atoms with van der Waals surface area (Å²) in [5.41, 5.74) is 10.8. The van der Waals surface area contributed by atoms with Crippen LogP contribution in [0, 0.1) is 12.8 Å². The average molecular weight is 676 g/mol. The van der Waals surface area contributed by atoms with Crippen LogP contribution >= 0.6 is 11.3 Å². The molecule has 12 heteroatoms. The number of nitrogens with two attached hydrogens (primary N) is 1. The molecule has 0 unspecified atom stereocenters. The molecule has 3 aromatic carbocycles. The van der Waals surface area contributed by atoms with Gasteiger partial charge in [0, 0.05) is 23.8 Å². The van der Waals surface area contributed by atoms with Crippen LogP contribution in [0.15, 0.2) is 72.8 Å². The molecule has 48 heavy (non-hydrogen) atoms. The van der Waals surface area contributed by atoms with Crippen LogP contribution in [0.5, 0.6) is 0 Å². The van der Waals surface area contributed by atoms with E-state index in [1.165, 1.54) is 5.56 Å². The second-order valence-electron chi connectivity index (χ2n) is 12.1. The lowest BCUT2D eigenvalue weighted by molar-refractivity contribution is -0.135. The van der Waals surface area contributed by atoms with Gasteiger partial charge in [0.15, 0.2) is 0 Å². The molecule has 0 aliphatic carbocycles. The van der Waals surface area contributed by atoms with Gasteiger partial charge in [0.1, 0.15) is 23.8 Å². The highest BCUT2D eigenvalue weighted by Gasteiger charge is 2.28. The van der Waals surface area contributed by atoms with E-state index in [2.05, 4.69) is 28.9 Å². The molecule has 0 fully saturated rings. The molecule has 3 atom stereocenters. The molecule has 6 N–H and O–H groups in total. The van der Waals surface area contributed by atoms with Gasteiger partial charge in [-0.15, -0.1) is 11.3 Å². The predicted molar refractivity (Wildman–Crippen MR) is 189 cm³/mol. The highest BCUT2D eigenvalue weighted by atomic mass is 32.1. The normalized spacial score (nSPS) is 13.2. The zero-order chi connectivity index (χ0) is 34.5. The Kier molecular flexibility index (Phi) is 14.0. The first-order valence-corrected chi connectivity index (χ1v) is 16.9. The van der Waals surface area contributed by atoms with Gasteiger partial charge in [-0.1, -0.05) is 50.2 Å². The second-order valence-corrected chi connectivity index (χ2v) is 13.1. The van der Waals surface area contributed by atoms with Gasteiger partial charge in [-0.2, -0.15) is 0 Å². The summed E-state index contributed by atoms with van der Waals surface area (Å²) < 4.78 is 12.1. The van der Waals surface area contributed by atoms with Gasteiger partial charge in [0.25, 0.3) is 5.91 Å². The van der Waals surface area contributed by atoms with Crippen molar-refractivity contribution in [2.24, 2.45) is 11.7 Å². The van der Waals surface area contributed by atoms with Crippen LogP contribution < -0.4 is 21.7 Å². The van der Waals surface area contributed by atoms with Crippen LogP contribution in [-0.4, -0.2) is 79.0 Å². The van der Waals surface area contributed by atoms with Gasteiger partial charge in [0.2, 0.25) is 11.8 Å². The number of fused-ring (bicyclic) bond motifs is 1. The van der Waals surface area contributed by atoms with E-state index in [-0.39, 0.29) is 50.7 Å². The van der Waals surface area contributed by atoms with Crippen molar-refractivity contribution in [3.63, 3.8) is 0 Å². The number of carbonyl (C=O) groups excluding carboxylic acids is 3. The van der Waals surface area contributed by atoms with Crippen molar-refractivity contribution >= 4 is 45.0 Å². The SMILES string of the molecule is Cc1ccc2nc(-c3ccc(NC(=O)COCCOCCNC(=O)[C@H](CC(C)C)NC(=O)[C@@H](O)[C@H](N)Cc4ccccc4)cc3)sc2c1. The van der Waals surface area contributed by atoms with E-state index in [1.54, 1.807) is 11.3 Å². The van der Waals surface area contributed by atoms with Crippen LogP contribution in [0.3, 0.4) is 0 Å². The molecular formula is C36H45N5O6S. The monoisotopic (exact) mass is 675 g/mol. The molecule has 256 valence electrons. The number of rotatable bonds is 18. The molecule has 0 aliphatic rings. The average Bonchev–Trinajstić information content (AvgIpc) is 3.49. The van der Waals surface area contributed by atoms with Crippen molar-refractivity contribution in [2.45, 2.75) is 51.8 Å². The Morgan fingerprint density at radius 2 is 1.67 bits per heavy atom. The van der Waals surface area contributed by atoms with Crippen molar-refractivity contribution in [1.82, 2.24) is 15.6 Å². The minimum atomic E-state index is -1.46. The topological polar surface area (TPSA) is 165 Å². The molecule has 0 saturated carbocycles. The van der Waals surface area contributed by atoms with Crippen molar-refractivity contribution in [3.05, 3.63) is 83.9 Å². The lowest BCUT2D eigenvalue weighted by Crippen LogP contribution is -2.54. The number of aliphatic hydroxyl groups excluding tert-OH is 1. The van der Waals surface area contributed by atoms with E-state index in [1.807, 2.05) is 80.6 Å². The second kappa shape index (κ2) is 18.4. The number of aryl methyl sites for hydroxylation is 1. The number of hydrogen-bond donors (Lipinski definition) is 5. The largest absolute Gasteiger partial charge is 0.382 e. The Hall–Kier alpha value is -4.20. The fourth-order valence-corrected chi connectivity index (χ4v) is 6.02. The van der Waals surface area contributed by atoms with E-state index in [4.69, 9.17) is 20.2 Å². The molecule has 4 aromatic rings. The highest BCUT2D eigenvalue weighted by molar-refractivity contribution is 7.21. The number of carbonyl (C=O) groups is 3. The summed E-state index contributed by atoms with van der Waals surface area (Å²) in [7, 11) is 0. The standard InChI is InChI=1S/C36H45N5O6S/c1-23(2)19-30(40-35(45)33(43)28(37)21-25-7-5-4-6-8-25)34(44)38-15-16-46-17-18-47-22-32(42)39-27-12-10-26(11-13-27)36-41-29-14-9-24(3)20-31(29)48-36/h4-14,20,23,28,30,33,43H,15-19,21-22,37H2,1-3H3,(H,38,44)(H,39,42)(H,40,45)/t28-,30+,33+/m1/s1. The predicted octanol–water partition coefficient (Wildman–Crippen LogP) is 3.82. The maximum atomic E-state index is 12.8. The van der Waals surface area contributed by atoms with E-state index in [9.17, 15) is 19.5 Å². The van der Waals surface area contributed by atoms with Crippen molar-refractivity contribution in [3.8, 4) is 10.6 Å². The van der Waals surface area contributed by atoms with Gasteiger partial charge in [0.05, 0.1) is 30.0 Å². The van der Waals surface area contributed by atoms with E-state index >= 15 is 0 Å². The number of aromatic nitrogens is 1. The zero-order valence-electron chi connectivity index (χ0n) is 27.6. The lowest BCUT2D eigenvalue weighted by Gasteiger charge is -2.24. The number of nitrogens with zero attached hydrogens (tertiary/aromatic N) is 1. The molecule has 11 nitrogen and oxygen atoms in total. The summed E-state index contributed by atoms with van der Waals surface area (Å²) in [6.07, 6.45) is -0.747. The van der Waals surface area contributed by atoms with Crippen LogP contribution in [0.25, 0.3) is 20.8 Å². The Labute approximate surface area is 285 Å². The fraction of sp³-hybridized carbons (Fsp3) is 0.389. The molecule has 3 amide bonds. The molecule has 1 aromatic heterocycles. The third kappa shape index (κ3) is 11.5. The van der Waals surface area contributed by atoms with Crippen LogP contribution in [0.4, 0.5) is 5.69 Å². The lowest BCUT2D eigenvalue weighted by atomic mass is 10.00. The maximum Gasteiger partial charge on any atom is 0.251 e. The van der Waals surface area contributed by atoms with Gasteiger partial charge in [-0.05, 0) is 73.2 Å². The molecule has 0 saturated heterocycles. The maximum absolute atomic E-state index is 12.8. The van der Waals surface area contributed by atoms with Gasteiger partial charge >= 0.3 is 0 Å². The number of hydrogen-bond acceptors (Lipinski definition) is 9. The Morgan fingerprint density at radius 3 is 2.40 bits per heavy atom. The number of nitrogens with one attached hydrogen (secondary N) is 3. The summed E-state index contributed by atoms with van der Waals surface area (Å²) in [6.45, 7) is 6.68. The highest BCUT2D eigenvalue weighted by Crippen LogP contribution is 2.31. The number of ether oxygens (including phenoxy) is 2. The van der Waals surface area contributed by atoms with E-state index in [0.717, 1.165) is 26.4 Å². The number of anilines is 1. The third-order valence-corrected chi connectivity index (χ3v) is 8.51.